The van der Waals surface area contributed by atoms with Crippen LogP contribution in [0.25, 0.3) is 89.7 Å². The van der Waals surface area contributed by atoms with Gasteiger partial charge in [-0.25, -0.2) is 29.9 Å². The number of H-pyrrole nitrogens is 2. The first kappa shape index (κ1) is 102. The maximum Gasteiger partial charge on any atom is 0.164 e. The molecule has 0 aliphatic carbocycles. The second-order valence-electron chi connectivity index (χ2n) is 37.2. The molecule has 3 N–H and O–H groups in total. The number of hydrogen-bond acceptors (Lipinski definition) is 13. The van der Waals surface area contributed by atoms with E-state index in [1.165, 1.54) is 308 Å². The number of nitrogens with one attached hydrogen (secondary N) is 2. The van der Waals surface area contributed by atoms with Gasteiger partial charge in [-0.1, -0.05) is 412 Å². The third-order valence-electron chi connectivity index (χ3n) is 26.0. The van der Waals surface area contributed by atoms with Gasteiger partial charge in [-0.2, -0.15) is 0 Å². The van der Waals surface area contributed by atoms with Gasteiger partial charge in [-0.3, -0.25) is 0 Å². The maximum absolute atomic E-state index is 9.93. The molecule has 0 radical (unpaired) electrons. The number of ether oxygens (including phenoxy) is 6. The van der Waals surface area contributed by atoms with E-state index in [1.54, 1.807) is 0 Å². The fourth-order valence-electron chi connectivity index (χ4n) is 18.0. The first-order valence-corrected chi connectivity index (χ1v) is 52.8. The Labute approximate surface area is 773 Å². The van der Waals surface area contributed by atoms with Crippen LogP contribution in [0, 0.1) is 11.8 Å². The lowest BCUT2D eigenvalue weighted by Gasteiger charge is -2.15. The van der Waals surface area contributed by atoms with Crippen molar-refractivity contribution in [1.82, 2.24) is 39.9 Å². The Morgan fingerprint density at radius 2 is 0.422 bits per heavy atom. The normalized spacial score (nSPS) is 11.7. The van der Waals surface area contributed by atoms with Crippen LogP contribution in [0.4, 0.5) is 0 Å². The van der Waals surface area contributed by atoms with Crippen molar-refractivity contribution in [3.8, 4) is 91.9 Å². The summed E-state index contributed by atoms with van der Waals surface area (Å²) in [7, 11) is 0. The van der Waals surface area contributed by atoms with Crippen LogP contribution in [0.1, 0.15) is 443 Å². The van der Waals surface area contributed by atoms with E-state index < -0.39 is 0 Å². The van der Waals surface area contributed by atoms with Crippen molar-refractivity contribution in [2.75, 3.05) is 39.6 Å². The van der Waals surface area contributed by atoms with Crippen molar-refractivity contribution in [3.05, 3.63) is 95.6 Å². The summed E-state index contributed by atoms with van der Waals surface area (Å²) in [5, 5.41) is 13.2. The monoisotopic (exact) mass is 1750 g/mol. The quantitative estimate of drug-likeness (QED) is 0.0242. The number of aliphatic hydroxyl groups excluding tert-OH is 1. The highest BCUT2D eigenvalue weighted by Crippen LogP contribution is 2.46. The Balaban J connectivity index is 1.13. The number of aromatic amines is 2. The lowest BCUT2D eigenvalue weighted by atomic mass is 10.1. The maximum atomic E-state index is 9.93. The zero-order valence-corrected chi connectivity index (χ0v) is 81.0. The van der Waals surface area contributed by atoms with Gasteiger partial charge in [0.05, 0.1) is 46.2 Å². The first-order chi connectivity index (χ1) is 63.3. The third kappa shape index (κ3) is 35.8. The smallest absolute Gasteiger partial charge is 0.164 e. The summed E-state index contributed by atoms with van der Waals surface area (Å²) < 4.78 is 42.0. The van der Waals surface area contributed by atoms with Gasteiger partial charge < -0.3 is 43.5 Å². The van der Waals surface area contributed by atoms with Gasteiger partial charge in [0, 0.05) is 54.9 Å². The van der Waals surface area contributed by atoms with Crippen LogP contribution in [-0.2, 0) is 6.61 Å². The molecule has 0 amide bonds. The predicted octanol–water partition coefficient (Wildman–Crippen LogP) is 33.6. The van der Waals surface area contributed by atoms with Crippen LogP contribution in [-0.4, -0.2) is 84.6 Å². The first-order valence-electron chi connectivity index (χ1n) is 52.8. The lowest BCUT2D eigenvalue weighted by Crippen LogP contribution is -2.03. The molecule has 0 atom stereocenters. The molecule has 0 saturated heterocycles. The molecule has 8 bridgehead atoms. The average Bonchev–Trinajstić information content (AvgIpc) is 1.59. The van der Waals surface area contributed by atoms with E-state index in [-0.39, 0.29) is 6.61 Å². The highest BCUT2D eigenvalue weighted by atomic mass is 16.5. The van der Waals surface area contributed by atoms with Crippen molar-refractivity contribution in [1.29, 1.82) is 0 Å². The lowest BCUT2D eigenvalue weighted by molar-refractivity contribution is 0.258. The van der Waals surface area contributed by atoms with E-state index in [0.29, 0.717) is 120 Å². The molecule has 2 aliphatic rings. The summed E-state index contributed by atoms with van der Waals surface area (Å²) in [4.78, 5) is 41.5. The van der Waals surface area contributed by atoms with Crippen LogP contribution >= 0.6 is 0 Å². The Morgan fingerprint density at radius 1 is 0.219 bits per heavy atom. The SMILES string of the molecule is CCCCCCCCCCCCOc1cc2c(cc1OCCCCCCCCCCCC)-c1nc-2nc2[nH]c(nc3nc(nc4[nH]c(n1)c1cc(OCCCCCCCCCCCC)c(OCCCCCCCCCCCC)cc41)-c1cc(OCCCCCCCCCCCC)c(OCCCCCCCCCCCC)cc1-3)c1cc(C#Cc3ccc(CO)cc3)ccc21. The number of fused-ring (bicyclic) bond motifs is 20. The predicted molar refractivity (Wildman–Crippen MR) is 538 cm³/mol. The summed E-state index contributed by atoms with van der Waals surface area (Å²) in [5.41, 5.74) is 7.81. The summed E-state index contributed by atoms with van der Waals surface area (Å²) >= 11 is 0. The largest absolute Gasteiger partial charge is 0.490 e. The molecular weight excluding hydrogens is 1580 g/mol. The molecule has 5 heterocycles. The Bertz CT molecular complexity index is 4650. The van der Waals surface area contributed by atoms with E-state index in [2.05, 4.69) is 112 Å². The second kappa shape index (κ2) is 62.2. The van der Waals surface area contributed by atoms with E-state index in [4.69, 9.17) is 58.3 Å². The molecule has 15 nitrogen and oxygen atoms in total. The molecular formula is C113H168N8O7. The molecule has 702 valence electrons. The molecule has 0 saturated carbocycles. The standard InChI is InChI=1S/C113H168N8O7/c1-7-13-19-25-31-37-43-49-55-61-75-123-100-82-94-95(83-101(100)124-76-62-56-50-44-38-32-26-20-14-8-2)110-117-108(94)115-106-92-74-73-90(70-67-89-68-71-91(88-122)72-69-89)81-93(92)107(114-106)116-109-96-84-102(125-77-63-57-51-45-39-33-27-21-15-9-3)103(126-78-64-58-52-46-40-34-28-22-16-10-4)85-97(96)111(118-109)120-113-99-87-105(128-80-66-60-54-48-42-36-30-24-18-12-6)104(86-98(99)112(119-110)121-113)127-79-65-59-53-47-41-35-29-23-17-11-5/h68-69,71-74,81-87,122H,7-66,75-80,88H2,1-6H3,(H2,114,115,116,117,118,119,120,121). The zero-order valence-electron chi connectivity index (χ0n) is 81.0. The van der Waals surface area contributed by atoms with Crippen molar-refractivity contribution in [2.24, 2.45) is 0 Å². The van der Waals surface area contributed by atoms with E-state index in [0.717, 1.165) is 138 Å². The van der Waals surface area contributed by atoms with Gasteiger partial charge in [-0.05, 0) is 111 Å². The number of aliphatic hydroxyl groups is 1. The topological polar surface area (TPSA) is 185 Å². The minimum Gasteiger partial charge on any atom is -0.490 e. The molecule has 128 heavy (non-hydrogen) atoms. The number of hydrogen-bond donors (Lipinski definition) is 3. The number of benzene rings is 5. The van der Waals surface area contributed by atoms with Gasteiger partial charge >= 0.3 is 0 Å². The third-order valence-corrected chi connectivity index (χ3v) is 26.0. The van der Waals surface area contributed by atoms with E-state index in [9.17, 15) is 5.11 Å². The average molecular weight is 1750 g/mol. The number of nitrogens with zero attached hydrogens (tertiary/aromatic N) is 6. The van der Waals surface area contributed by atoms with Crippen LogP contribution < -0.4 is 28.4 Å². The molecule has 15 heteroatoms. The molecule has 2 aliphatic heterocycles. The molecule has 0 fully saturated rings. The van der Waals surface area contributed by atoms with Crippen molar-refractivity contribution < 1.29 is 33.5 Å². The summed E-state index contributed by atoms with van der Waals surface area (Å²) in [6.07, 6.45) is 74.1. The minimum absolute atomic E-state index is 0.0338. The Kier molecular flexibility index (Phi) is 49.5. The van der Waals surface area contributed by atoms with Gasteiger partial charge in [0.1, 0.15) is 22.6 Å². The van der Waals surface area contributed by atoms with E-state index >= 15 is 0 Å². The van der Waals surface area contributed by atoms with Crippen LogP contribution in [0.3, 0.4) is 0 Å². The minimum atomic E-state index is -0.0338. The van der Waals surface area contributed by atoms with Crippen molar-refractivity contribution in [2.45, 2.75) is 433 Å². The van der Waals surface area contributed by atoms with Gasteiger partial charge in [-0.15, -0.1) is 0 Å². The highest BCUT2D eigenvalue weighted by Gasteiger charge is 2.28. The fraction of sp³-hybridized carbons (Fsp3) is 0.646. The van der Waals surface area contributed by atoms with Crippen LogP contribution in [0.5, 0.6) is 34.5 Å². The highest BCUT2D eigenvalue weighted by molar-refractivity contribution is 6.08. The molecule has 0 unspecified atom stereocenters. The molecule has 3 aromatic heterocycles. The van der Waals surface area contributed by atoms with Crippen molar-refractivity contribution in [3.63, 3.8) is 0 Å². The second-order valence-corrected chi connectivity index (χ2v) is 37.2. The number of aromatic nitrogens is 8. The van der Waals surface area contributed by atoms with Crippen LogP contribution in [0.2, 0.25) is 0 Å². The van der Waals surface area contributed by atoms with Crippen molar-refractivity contribution >= 4 is 44.1 Å². The summed E-state index contributed by atoms with van der Waals surface area (Å²) in [5.74, 6) is 12.8. The number of unbranched alkanes of at least 4 members (excludes halogenated alkanes) is 54. The summed E-state index contributed by atoms with van der Waals surface area (Å²) in [6.45, 7) is 17.1. The van der Waals surface area contributed by atoms with Gasteiger partial charge in [0.25, 0.3) is 0 Å². The molecule has 0 spiro atoms. The summed E-state index contributed by atoms with van der Waals surface area (Å²) in [6, 6.07) is 26.7. The van der Waals surface area contributed by atoms with Gasteiger partial charge in [0.15, 0.2) is 57.8 Å². The van der Waals surface area contributed by atoms with Crippen LogP contribution in [0.15, 0.2) is 78.9 Å². The number of rotatable bonds is 73. The Hall–Kier alpha value is -8.22. The molecule has 5 aromatic carbocycles. The molecule has 10 rings (SSSR count). The fourth-order valence-corrected chi connectivity index (χ4v) is 18.0. The zero-order chi connectivity index (χ0) is 89.3. The Morgan fingerprint density at radius 3 is 0.664 bits per heavy atom. The molecule has 8 aromatic rings. The van der Waals surface area contributed by atoms with E-state index in [1.807, 2.05) is 30.3 Å². The van der Waals surface area contributed by atoms with Gasteiger partial charge in [0.2, 0.25) is 0 Å².